The highest BCUT2D eigenvalue weighted by molar-refractivity contribution is 9.10. The summed E-state index contributed by atoms with van der Waals surface area (Å²) in [6.07, 6.45) is 1.01. The first-order valence-corrected chi connectivity index (χ1v) is 15.5. The Morgan fingerprint density at radius 2 is 1.88 bits per heavy atom. The van der Waals surface area contributed by atoms with Crippen LogP contribution in [0.2, 0.25) is 0 Å². The van der Waals surface area contributed by atoms with Gasteiger partial charge in [0.05, 0.1) is 5.57 Å². The Bertz CT molecular complexity index is 1630. The first-order chi connectivity index (χ1) is 19.7. The maximum absolute atomic E-state index is 14.1. The van der Waals surface area contributed by atoms with Gasteiger partial charge in [-0.1, -0.05) is 76.6 Å². The van der Waals surface area contributed by atoms with E-state index in [-0.39, 0.29) is 5.91 Å². The third-order valence-corrected chi connectivity index (χ3v) is 8.59. The van der Waals surface area contributed by atoms with Crippen molar-refractivity contribution in [2.45, 2.75) is 58.8 Å². The molecule has 0 spiro atoms. The number of nitrogens with zero attached hydrogens (tertiary/aromatic N) is 3. The van der Waals surface area contributed by atoms with E-state index < -0.39 is 6.04 Å². The summed E-state index contributed by atoms with van der Waals surface area (Å²) in [6.45, 7) is 10.6. The third kappa shape index (κ3) is 6.36. The molecular weight excluding hydrogens is 598 g/mol. The molecule has 1 unspecified atom stereocenters. The Kier molecular flexibility index (Phi) is 8.85. The zero-order chi connectivity index (χ0) is 29.1. The van der Waals surface area contributed by atoms with Gasteiger partial charge in [-0.3, -0.25) is 4.79 Å². The molecule has 1 atom stereocenters. The second-order valence-electron chi connectivity index (χ2n) is 10.2. The first-order valence-electron chi connectivity index (χ1n) is 13.7. The van der Waals surface area contributed by atoms with E-state index in [1.807, 2.05) is 67.9 Å². The number of hydrogen-bond acceptors (Lipinski definition) is 6. The minimum atomic E-state index is -0.565. The second kappa shape index (κ2) is 12.5. The van der Waals surface area contributed by atoms with Crippen molar-refractivity contribution in [3.8, 4) is 5.75 Å². The minimum absolute atomic E-state index is 0.208. The van der Waals surface area contributed by atoms with Gasteiger partial charge >= 0.3 is 0 Å². The van der Waals surface area contributed by atoms with Gasteiger partial charge in [0.1, 0.15) is 18.4 Å². The summed E-state index contributed by atoms with van der Waals surface area (Å²) in [5, 5.41) is 12.0. The molecule has 3 aromatic carbocycles. The van der Waals surface area contributed by atoms with Crippen LogP contribution in [0.5, 0.6) is 5.75 Å². The van der Waals surface area contributed by atoms with Crippen LogP contribution in [0.25, 0.3) is 0 Å². The molecule has 7 nitrogen and oxygen atoms in total. The number of anilines is 2. The van der Waals surface area contributed by atoms with Crippen LogP contribution in [-0.2, 0) is 11.4 Å². The molecule has 1 amide bonds. The summed E-state index contributed by atoms with van der Waals surface area (Å²) in [7, 11) is 0. The van der Waals surface area contributed by atoms with Gasteiger partial charge in [0.2, 0.25) is 11.1 Å². The van der Waals surface area contributed by atoms with Gasteiger partial charge in [-0.05, 0) is 75.1 Å². The standard InChI is InChI=1S/C32H34BrN5O2S/c1-6-15-41-32-36-31-34-22(5)28(30(39)35-26-13-11-19(2)16-21(26)4)29(38(31)37-32)25-17-24(33)12-14-27(25)40-18-23-10-8-7-9-20(23)3/h7-14,16-17,29H,6,15,18H2,1-5H3,(H,35,39)(H,34,36,37). The van der Waals surface area contributed by atoms with E-state index in [9.17, 15) is 4.79 Å². The Balaban J connectivity index is 1.59. The number of amides is 1. The lowest BCUT2D eigenvalue weighted by Gasteiger charge is -2.30. The Hall–Kier alpha value is -3.56. The molecule has 41 heavy (non-hydrogen) atoms. The molecule has 2 N–H and O–H groups in total. The number of nitrogens with one attached hydrogen (secondary N) is 2. The largest absolute Gasteiger partial charge is 0.489 e. The first kappa shape index (κ1) is 29.0. The molecule has 0 saturated carbocycles. The maximum atomic E-state index is 14.1. The van der Waals surface area contributed by atoms with Crippen LogP contribution in [0.15, 0.2) is 81.6 Å². The average molecular weight is 633 g/mol. The van der Waals surface area contributed by atoms with Crippen molar-refractivity contribution >= 4 is 45.2 Å². The summed E-state index contributed by atoms with van der Waals surface area (Å²) < 4.78 is 9.14. The molecule has 1 aromatic heterocycles. The van der Waals surface area contributed by atoms with Crippen LogP contribution in [0.1, 0.15) is 54.1 Å². The summed E-state index contributed by atoms with van der Waals surface area (Å²) in [5.41, 5.74) is 7.26. The number of ether oxygens (including phenoxy) is 1. The lowest BCUT2D eigenvalue weighted by atomic mass is 9.94. The number of allylic oxidation sites excluding steroid dienone is 1. The van der Waals surface area contributed by atoms with Gasteiger partial charge in [0.25, 0.3) is 5.91 Å². The highest BCUT2D eigenvalue weighted by atomic mass is 79.9. The van der Waals surface area contributed by atoms with Crippen LogP contribution in [0, 0.1) is 20.8 Å². The highest BCUT2D eigenvalue weighted by Crippen LogP contribution is 2.41. The van der Waals surface area contributed by atoms with Crippen molar-refractivity contribution in [1.29, 1.82) is 0 Å². The molecule has 0 aliphatic carbocycles. The molecule has 1 aliphatic rings. The lowest BCUT2D eigenvalue weighted by Crippen LogP contribution is -2.32. The number of aromatic nitrogens is 3. The van der Waals surface area contributed by atoms with Crippen molar-refractivity contribution in [2.75, 3.05) is 16.4 Å². The number of halogens is 1. The van der Waals surface area contributed by atoms with Crippen molar-refractivity contribution in [1.82, 2.24) is 14.8 Å². The van der Waals surface area contributed by atoms with Gasteiger partial charge in [-0.15, -0.1) is 5.10 Å². The number of benzene rings is 3. The van der Waals surface area contributed by atoms with Crippen molar-refractivity contribution in [3.63, 3.8) is 0 Å². The fourth-order valence-corrected chi connectivity index (χ4v) is 5.97. The summed E-state index contributed by atoms with van der Waals surface area (Å²) in [5.74, 6) is 1.97. The Labute approximate surface area is 253 Å². The summed E-state index contributed by atoms with van der Waals surface area (Å²) >= 11 is 5.26. The summed E-state index contributed by atoms with van der Waals surface area (Å²) in [6, 6.07) is 19.5. The van der Waals surface area contributed by atoms with Crippen LogP contribution < -0.4 is 15.4 Å². The van der Waals surface area contributed by atoms with Crippen molar-refractivity contribution in [2.24, 2.45) is 0 Å². The number of carbonyl (C=O) groups is 1. The average Bonchev–Trinajstić information content (AvgIpc) is 3.35. The SMILES string of the molecule is CCCSc1nc2n(n1)C(c1cc(Br)ccc1OCc1ccccc1C)C(C(=O)Nc1ccc(C)cc1C)=C(C)N2. The zero-order valence-electron chi connectivity index (χ0n) is 23.9. The molecule has 1 aliphatic heterocycles. The van der Waals surface area contributed by atoms with E-state index in [2.05, 4.69) is 58.6 Å². The number of hydrogen-bond donors (Lipinski definition) is 2. The van der Waals surface area contributed by atoms with Gasteiger partial charge in [-0.2, -0.15) is 4.98 Å². The molecule has 212 valence electrons. The molecule has 5 rings (SSSR count). The van der Waals surface area contributed by atoms with E-state index in [0.29, 0.717) is 34.7 Å². The lowest BCUT2D eigenvalue weighted by molar-refractivity contribution is -0.113. The normalized spacial score (nSPS) is 14.4. The van der Waals surface area contributed by atoms with Gasteiger partial charge in [0, 0.05) is 27.2 Å². The Morgan fingerprint density at radius 3 is 2.63 bits per heavy atom. The smallest absolute Gasteiger partial charge is 0.255 e. The number of fused-ring (bicyclic) bond motifs is 1. The molecule has 2 heterocycles. The number of carbonyl (C=O) groups excluding carboxylic acids is 1. The highest BCUT2D eigenvalue weighted by Gasteiger charge is 2.36. The molecule has 0 saturated heterocycles. The minimum Gasteiger partial charge on any atom is -0.489 e. The summed E-state index contributed by atoms with van der Waals surface area (Å²) in [4.78, 5) is 18.8. The molecule has 0 bridgehead atoms. The quantitative estimate of drug-likeness (QED) is 0.182. The predicted octanol–water partition coefficient (Wildman–Crippen LogP) is 7.97. The van der Waals surface area contributed by atoms with Crippen molar-refractivity contribution < 1.29 is 9.53 Å². The monoisotopic (exact) mass is 631 g/mol. The van der Waals surface area contributed by atoms with Crippen LogP contribution in [-0.4, -0.2) is 26.4 Å². The topological polar surface area (TPSA) is 81.1 Å². The van der Waals surface area contributed by atoms with Gasteiger partial charge < -0.3 is 15.4 Å². The fourth-order valence-electron chi connectivity index (χ4n) is 4.90. The number of rotatable bonds is 9. The third-order valence-electron chi connectivity index (χ3n) is 7.05. The van der Waals surface area contributed by atoms with Crippen LogP contribution in [0.3, 0.4) is 0 Å². The van der Waals surface area contributed by atoms with Gasteiger partial charge in [-0.25, -0.2) is 4.68 Å². The van der Waals surface area contributed by atoms with Crippen LogP contribution >= 0.6 is 27.7 Å². The second-order valence-corrected chi connectivity index (χ2v) is 12.2. The number of aryl methyl sites for hydroxylation is 3. The molecule has 0 radical (unpaired) electrons. The maximum Gasteiger partial charge on any atom is 0.255 e. The van der Waals surface area contributed by atoms with Crippen molar-refractivity contribution in [3.05, 3.63) is 104 Å². The molecule has 9 heteroatoms. The van der Waals surface area contributed by atoms with E-state index in [4.69, 9.17) is 14.8 Å². The molecule has 4 aromatic rings. The van der Waals surface area contributed by atoms with E-state index in [1.54, 1.807) is 11.8 Å². The van der Waals surface area contributed by atoms with E-state index in [1.165, 1.54) is 0 Å². The fraction of sp³-hybridized carbons (Fsp3) is 0.281. The molecular formula is C32H34BrN5O2S. The van der Waals surface area contributed by atoms with Gasteiger partial charge in [0.15, 0.2) is 0 Å². The number of thioether (sulfide) groups is 1. The van der Waals surface area contributed by atoms with Crippen LogP contribution in [0.4, 0.5) is 11.6 Å². The predicted molar refractivity (Wildman–Crippen MR) is 170 cm³/mol. The Morgan fingerprint density at radius 1 is 1.07 bits per heavy atom. The molecule has 0 fully saturated rings. The zero-order valence-corrected chi connectivity index (χ0v) is 26.3. The van der Waals surface area contributed by atoms with E-state index in [0.717, 1.165) is 50.2 Å². The van der Waals surface area contributed by atoms with E-state index >= 15 is 0 Å².